The van der Waals surface area contributed by atoms with Gasteiger partial charge in [0.2, 0.25) is 0 Å². The van der Waals surface area contributed by atoms with Crippen LogP contribution in [-0.4, -0.2) is 6.29 Å². The zero-order valence-electron chi connectivity index (χ0n) is 6.08. The van der Waals surface area contributed by atoms with E-state index >= 15 is 0 Å². The molecule has 0 spiro atoms. The molecule has 0 N–H and O–H groups in total. The van der Waals surface area contributed by atoms with Crippen LogP contribution in [0.25, 0.3) is 10.1 Å². The van der Waals surface area contributed by atoms with E-state index in [2.05, 4.69) is 22.6 Å². The summed E-state index contributed by atoms with van der Waals surface area (Å²) >= 11 is 3.98. The van der Waals surface area contributed by atoms with E-state index in [4.69, 9.17) is 0 Å². The lowest BCUT2D eigenvalue weighted by atomic mass is 10.1. The van der Waals surface area contributed by atoms with Crippen molar-refractivity contribution in [3.63, 3.8) is 0 Å². The van der Waals surface area contributed by atoms with Gasteiger partial charge in [-0.05, 0) is 34.7 Å². The number of rotatable bonds is 1. The Morgan fingerprint density at radius 3 is 3.00 bits per heavy atom. The molecule has 1 nitrogen and oxygen atoms in total. The molecule has 1 aromatic heterocycles. The Morgan fingerprint density at radius 1 is 1.42 bits per heavy atom. The molecule has 0 radical (unpaired) electrons. The molecule has 0 saturated carbocycles. The largest absolute Gasteiger partial charge is 0.298 e. The SMILES string of the molecule is O=Cc1cccc2sc(I)cc12. The van der Waals surface area contributed by atoms with E-state index in [1.807, 2.05) is 24.3 Å². The van der Waals surface area contributed by atoms with E-state index < -0.39 is 0 Å². The smallest absolute Gasteiger partial charge is 0.150 e. The van der Waals surface area contributed by atoms with Crippen LogP contribution in [0, 0.1) is 2.88 Å². The second-order valence-corrected chi connectivity index (χ2v) is 5.41. The van der Waals surface area contributed by atoms with Crippen LogP contribution in [0.15, 0.2) is 24.3 Å². The van der Waals surface area contributed by atoms with Crippen molar-refractivity contribution in [1.82, 2.24) is 0 Å². The molecule has 2 aromatic rings. The molecule has 60 valence electrons. The van der Waals surface area contributed by atoms with Crippen LogP contribution in [0.5, 0.6) is 0 Å². The summed E-state index contributed by atoms with van der Waals surface area (Å²) in [7, 11) is 0. The van der Waals surface area contributed by atoms with Crippen molar-refractivity contribution < 1.29 is 4.79 Å². The van der Waals surface area contributed by atoms with Gasteiger partial charge in [0.15, 0.2) is 6.29 Å². The standard InChI is InChI=1S/C9H5IOS/c10-9-4-7-6(5-11)2-1-3-8(7)12-9/h1-5H. The highest BCUT2D eigenvalue weighted by molar-refractivity contribution is 14.1. The molecule has 0 atom stereocenters. The molecule has 1 heterocycles. The lowest BCUT2D eigenvalue weighted by molar-refractivity contribution is 0.112. The summed E-state index contributed by atoms with van der Waals surface area (Å²) in [6, 6.07) is 7.84. The first-order valence-electron chi connectivity index (χ1n) is 3.44. The zero-order chi connectivity index (χ0) is 8.55. The van der Waals surface area contributed by atoms with Gasteiger partial charge in [0, 0.05) is 15.6 Å². The van der Waals surface area contributed by atoms with Crippen molar-refractivity contribution >= 4 is 50.3 Å². The summed E-state index contributed by atoms with van der Waals surface area (Å²) in [4.78, 5) is 10.6. The number of fused-ring (bicyclic) bond motifs is 1. The molecule has 3 heteroatoms. The van der Waals surface area contributed by atoms with E-state index in [0.29, 0.717) is 0 Å². The Morgan fingerprint density at radius 2 is 2.25 bits per heavy atom. The third-order valence-electron chi connectivity index (χ3n) is 1.69. The zero-order valence-corrected chi connectivity index (χ0v) is 9.06. The fraction of sp³-hybridized carbons (Fsp3) is 0. The molecule has 0 unspecified atom stereocenters. The second kappa shape index (κ2) is 3.14. The predicted molar refractivity (Wildman–Crippen MR) is 59.9 cm³/mol. The molecule has 0 aliphatic rings. The van der Waals surface area contributed by atoms with Crippen molar-refractivity contribution in [2.24, 2.45) is 0 Å². The van der Waals surface area contributed by atoms with Crippen molar-refractivity contribution in [2.75, 3.05) is 0 Å². The van der Waals surface area contributed by atoms with Gasteiger partial charge in [0.05, 0.1) is 2.88 Å². The van der Waals surface area contributed by atoms with Gasteiger partial charge in [-0.3, -0.25) is 4.79 Å². The van der Waals surface area contributed by atoms with Crippen LogP contribution in [0.2, 0.25) is 0 Å². The van der Waals surface area contributed by atoms with Gasteiger partial charge in [-0.2, -0.15) is 0 Å². The monoisotopic (exact) mass is 288 g/mol. The molecule has 0 fully saturated rings. The van der Waals surface area contributed by atoms with Crippen LogP contribution in [0.1, 0.15) is 10.4 Å². The molecule has 1 aromatic carbocycles. The number of aldehydes is 1. The number of halogens is 1. The minimum Gasteiger partial charge on any atom is -0.298 e. The number of carbonyl (C=O) groups excluding carboxylic acids is 1. The average molecular weight is 288 g/mol. The van der Waals surface area contributed by atoms with Gasteiger partial charge in [-0.1, -0.05) is 12.1 Å². The van der Waals surface area contributed by atoms with Gasteiger partial charge in [0.25, 0.3) is 0 Å². The molecule has 0 bridgehead atoms. The number of carbonyl (C=O) groups is 1. The molecule has 0 amide bonds. The minimum absolute atomic E-state index is 0.784. The second-order valence-electron chi connectivity index (χ2n) is 2.43. The van der Waals surface area contributed by atoms with Crippen LogP contribution in [0.4, 0.5) is 0 Å². The number of hydrogen-bond donors (Lipinski definition) is 0. The van der Waals surface area contributed by atoms with E-state index in [1.165, 1.54) is 7.58 Å². The molecular weight excluding hydrogens is 283 g/mol. The highest BCUT2D eigenvalue weighted by atomic mass is 127. The Bertz CT molecular complexity index is 433. The summed E-state index contributed by atoms with van der Waals surface area (Å²) < 4.78 is 2.40. The maximum absolute atomic E-state index is 10.6. The number of hydrogen-bond acceptors (Lipinski definition) is 2. The highest BCUT2D eigenvalue weighted by Gasteiger charge is 2.02. The summed E-state index contributed by atoms with van der Waals surface area (Å²) in [6.07, 6.45) is 0.908. The van der Waals surface area contributed by atoms with Crippen LogP contribution in [0.3, 0.4) is 0 Å². The summed E-state index contributed by atoms with van der Waals surface area (Å²) in [5.74, 6) is 0. The van der Waals surface area contributed by atoms with Crippen LogP contribution in [-0.2, 0) is 0 Å². The molecule has 2 rings (SSSR count). The van der Waals surface area contributed by atoms with Crippen LogP contribution < -0.4 is 0 Å². The minimum atomic E-state index is 0.784. The Hall–Kier alpha value is -0.420. The highest BCUT2D eigenvalue weighted by Crippen LogP contribution is 2.28. The Labute approximate surface area is 87.5 Å². The van der Waals surface area contributed by atoms with E-state index in [0.717, 1.165) is 17.2 Å². The molecular formula is C9H5IOS. The molecule has 12 heavy (non-hydrogen) atoms. The first kappa shape index (κ1) is 8.19. The van der Waals surface area contributed by atoms with Gasteiger partial charge < -0.3 is 0 Å². The summed E-state index contributed by atoms with van der Waals surface area (Å²) in [5, 5.41) is 1.07. The van der Waals surface area contributed by atoms with Crippen molar-refractivity contribution in [1.29, 1.82) is 0 Å². The topological polar surface area (TPSA) is 17.1 Å². The third-order valence-corrected chi connectivity index (χ3v) is 3.55. The lowest BCUT2D eigenvalue weighted by Gasteiger charge is -1.90. The first-order chi connectivity index (χ1) is 5.81. The first-order valence-corrected chi connectivity index (χ1v) is 5.34. The van der Waals surface area contributed by atoms with E-state index in [9.17, 15) is 4.79 Å². The fourth-order valence-corrected chi connectivity index (χ4v) is 3.00. The van der Waals surface area contributed by atoms with Gasteiger partial charge >= 0.3 is 0 Å². The number of thiophene rings is 1. The van der Waals surface area contributed by atoms with Crippen LogP contribution >= 0.6 is 33.9 Å². The number of benzene rings is 1. The Balaban J connectivity index is 2.86. The van der Waals surface area contributed by atoms with Crippen molar-refractivity contribution in [3.8, 4) is 0 Å². The lowest BCUT2D eigenvalue weighted by Crippen LogP contribution is -1.77. The normalized spacial score (nSPS) is 10.4. The van der Waals surface area contributed by atoms with E-state index in [-0.39, 0.29) is 0 Å². The quantitative estimate of drug-likeness (QED) is 0.581. The predicted octanol–water partition coefficient (Wildman–Crippen LogP) is 3.32. The molecule has 0 saturated heterocycles. The maximum atomic E-state index is 10.6. The fourth-order valence-electron chi connectivity index (χ4n) is 1.16. The van der Waals surface area contributed by atoms with Gasteiger partial charge in [0.1, 0.15) is 0 Å². The van der Waals surface area contributed by atoms with Crippen molar-refractivity contribution in [3.05, 3.63) is 32.7 Å². The molecule has 0 aliphatic heterocycles. The van der Waals surface area contributed by atoms with Gasteiger partial charge in [-0.15, -0.1) is 11.3 Å². The maximum Gasteiger partial charge on any atom is 0.150 e. The Kier molecular flexibility index (Phi) is 2.14. The van der Waals surface area contributed by atoms with Crippen molar-refractivity contribution in [2.45, 2.75) is 0 Å². The summed E-state index contributed by atoms with van der Waals surface area (Å²) in [6.45, 7) is 0. The third kappa shape index (κ3) is 1.27. The average Bonchev–Trinajstić information content (AvgIpc) is 2.44. The summed E-state index contributed by atoms with van der Waals surface area (Å²) in [5.41, 5.74) is 0.784. The van der Waals surface area contributed by atoms with Gasteiger partial charge in [-0.25, -0.2) is 0 Å². The van der Waals surface area contributed by atoms with E-state index in [1.54, 1.807) is 11.3 Å². The molecule has 0 aliphatic carbocycles.